The molecule has 194 valence electrons. The number of fused-ring (bicyclic) bond motifs is 3. The van der Waals surface area contributed by atoms with E-state index in [2.05, 4.69) is 17.1 Å². The highest BCUT2D eigenvalue weighted by Crippen LogP contribution is 2.42. The number of piperidine rings is 3. The number of quaternary nitrogens is 1. The highest BCUT2D eigenvalue weighted by atomic mass is 35.5. The molecule has 4 aliphatic rings. The first kappa shape index (κ1) is 26.7. The number of pyridine rings is 1. The summed E-state index contributed by atoms with van der Waals surface area (Å²) in [6.45, 7) is 2.99. The monoisotopic (exact) mass is 514 g/mol. The van der Waals surface area contributed by atoms with Crippen LogP contribution in [0.2, 0.25) is 0 Å². The van der Waals surface area contributed by atoms with E-state index in [4.69, 9.17) is 4.74 Å². The number of hydrogen-bond donors (Lipinski definition) is 0. The first-order chi connectivity index (χ1) is 17.0. The highest BCUT2D eigenvalue weighted by molar-refractivity contribution is 5.83. The van der Waals surface area contributed by atoms with Crippen LogP contribution in [0.15, 0.2) is 48.8 Å². The Morgan fingerprint density at radius 2 is 1.72 bits per heavy atom. The maximum absolute atomic E-state index is 13.9. The van der Waals surface area contributed by atoms with Gasteiger partial charge in [-0.2, -0.15) is 0 Å². The van der Waals surface area contributed by atoms with Gasteiger partial charge in [0, 0.05) is 31.4 Å². The molecule has 0 amide bonds. The molecule has 4 heterocycles. The first-order valence-electron chi connectivity index (χ1n) is 13.2. The molecule has 7 heteroatoms. The van der Waals surface area contributed by atoms with Gasteiger partial charge in [-0.15, -0.1) is 0 Å². The molecule has 6 rings (SSSR count). The molecule has 1 saturated carbocycles. The number of rotatable bonds is 7. The number of ketones is 1. The highest BCUT2D eigenvalue weighted by Gasteiger charge is 2.50. The van der Waals surface area contributed by atoms with Gasteiger partial charge in [-0.1, -0.05) is 56.0 Å². The van der Waals surface area contributed by atoms with Crippen LogP contribution in [-0.2, 0) is 26.2 Å². The summed E-state index contributed by atoms with van der Waals surface area (Å²) in [6.07, 6.45) is 10.8. The molecule has 2 bridgehead atoms. The Morgan fingerprint density at radius 3 is 2.39 bits per heavy atom. The molecule has 0 spiro atoms. The van der Waals surface area contributed by atoms with E-state index in [1.165, 1.54) is 6.07 Å². The van der Waals surface area contributed by atoms with Gasteiger partial charge >= 0.3 is 5.97 Å². The lowest BCUT2D eigenvalue weighted by molar-refractivity contribution is -0.939. The summed E-state index contributed by atoms with van der Waals surface area (Å²) in [5.74, 6) is -0.0222. The second-order valence-corrected chi connectivity index (χ2v) is 11.0. The van der Waals surface area contributed by atoms with Gasteiger partial charge in [-0.3, -0.25) is 14.6 Å². The summed E-state index contributed by atoms with van der Waals surface area (Å²) in [7, 11) is 0. The second kappa shape index (κ2) is 11.4. The van der Waals surface area contributed by atoms with Crippen molar-refractivity contribution in [2.24, 2.45) is 5.92 Å². The number of aromatic nitrogens is 1. The molecule has 1 aromatic heterocycles. The number of esters is 1. The third-order valence-electron chi connectivity index (χ3n) is 8.65. The van der Waals surface area contributed by atoms with Gasteiger partial charge in [0.15, 0.2) is 11.9 Å². The number of Topliss-reactive ketones (excluding diaryl/α,β-unsaturated/α-hetero) is 1. The van der Waals surface area contributed by atoms with E-state index < -0.39 is 11.2 Å². The Morgan fingerprint density at radius 1 is 1.03 bits per heavy atom. The Labute approximate surface area is 219 Å². The molecule has 1 aliphatic carbocycles. The van der Waals surface area contributed by atoms with Gasteiger partial charge in [0.05, 0.1) is 24.7 Å². The van der Waals surface area contributed by atoms with Crippen LogP contribution in [-0.4, -0.2) is 53.5 Å². The molecule has 0 N–H and O–H groups in total. The van der Waals surface area contributed by atoms with E-state index in [9.17, 15) is 14.0 Å². The number of benzene rings is 1. The van der Waals surface area contributed by atoms with Crippen molar-refractivity contribution in [1.29, 1.82) is 0 Å². The van der Waals surface area contributed by atoms with E-state index >= 15 is 0 Å². The molecular formula is C29H36ClFN2O3. The van der Waals surface area contributed by atoms with Crippen molar-refractivity contribution in [3.63, 3.8) is 0 Å². The average molecular weight is 515 g/mol. The largest absolute Gasteiger partial charge is 1.00 e. The van der Waals surface area contributed by atoms with Crippen molar-refractivity contribution in [3.05, 3.63) is 65.7 Å². The van der Waals surface area contributed by atoms with Crippen LogP contribution < -0.4 is 12.4 Å². The minimum absolute atomic E-state index is 0. The van der Waals surface area contributed by atoms with Crippen molar-refractivity contribution in [2.75, 3.05) is 26.2 Å². The molecule has 3 aliphatic heterocycles. The Bertz CT molecular complexity index is 1050. The van der Waals surface area contributed by atoms with Crippen molar-refractivity contribution < 1.29 is 35.6 Å². The lowest BCUT2D eigenvalue weighted by Crippen LogP contribution is -3.00. The van der Waals surface area contributed by atoms with E-state index in [1.807, 2.05) is 18.2 Å². The molecule has 36 heavy (non-hydrogen) atoms. The van der Waals surface area contributed by atoms with E-state index in [0.29, 0.717) is 29.1 Å². The summed E-state index contributed by atoms with van der Waals surface area (Å²) in [5, 5.41) is 0. The quantitative estimate of drug-likeness (QED) is 0.321. The van der Waals surface area contributed by atoms with Gasteiger partial charge < -0.3 is 21.6 Å². The Hall–Kier alpha value is -2.31. The van der Waals surface area contributed by atoms with Crippen molar-refractivity contribution in [1.82, 2.24) is 4.98 Å². The maximum Gasteiger partial charge on any atom is 0.317 e. The molecular weight excluding hydrogens is 479 g/mol. The Balaban J connectivity index is 0.00000304. The summed E-state index contributed by atoms with van der Waals surface area (Å²) in [6, 6.07) is 11.6. The van der Waals surface area contributed by atoms with Crippen LogP contribution in [0.1, 0.15) is 62.5 Å². The molecule has 1 atom stereocenters. The zero-order valence-corrected chi connectivity index (χ0v) is 21.6. The predicted octanol–water partition coefficient (Wildman–Crippen LogP) is 1.78. The van der Waals surface area contributed by atoms with Crippen LogP contribution in [0.25, 0.3) is 0 Å². The molecule has 3 saturated heterocycles. The zero-order chi connectivity index (χ0) is 24.3. The normalized spacial score (nSPS) is 26.9. The lowest BCUT2D eigenvalue weighted by Gasteiger charge is -2.52. The molecule has 0 unspecified atom stereocenters. The van der Waals surface area contributed by atoms with E-state index in [-0.39, 0.29) is 36.7 Å². The van der Waals surface area contributed by atoms with Crippen molar-refractivity contribution in [2.45, 2.75) is 69.3 Å². The van der Waals surface area contributed by atoms with E-state index in [0.717, 1.165) is 76.2 Å². The fourth-order valence-electron chi connectivity index (χ4n) is 6.74. The Kier molecular flexibility index (Phi) is 8.46. The topological polar surface area (TPSA) is 56.3 Å². The average Bonchev–Trinajstić information content (AvgIpc) is 3.12. The zero-order valence-electron chi connectivity index (χ0n) is 20.8. The SMILES string of the molecule is O=C(Cc1cncc(F)c1)C[N+]12CCC(CC1)[C@@H](OC(=O)C1(c3ccccc3)CCCCCC1)C2.[Cl-]. The molecule has 5 nitrogen and oxygen atoms in total. The van der Waals surface area contributed by atoms with E-state index in [1.54, 1.807) is 6.20 Å². The summed E-state index contributed by atoms with van der Waals surface area (Å²) < 4.78 is 20.6. The van der Waals surface area contributed by atoms with Crippen LogP contribution in [0, 0.1) is 11.7 Å². The number of hydrogen-bond acceptors (Lipinski definition) is 4. The predicted molar refractivity (Wildman–Crippen MR) is 131 cm³/mol. The lowest BCUT2D eigenvalue weighted by atomic mass is 9.74. The second-order valence-electron chi connectivity index (χ2n) is 11.0. The smallest absolute Gasteiger partial charge is 0.317 e. The number of ether oxygens (including phenoxy) is 1. The number of carbonyl (C=O) groups is 2. The minimum atomic E-state index is -0.561. The van der Waals surface area contributed by atoms with Crippen molar-refractivity contribution in [3.8, 4) is 0 Å². The van der Waals surface area contributed by atoms with Gasteiger partial charge in [0.1, 0.15) is 18.9 Å². The number of nitrogens with zero attached hydrogens (tertiary/aromatic N) is 2. The van der Waals surface area contributed by atoms with Crippen LogP contribution in [0.5, 0.6) is 0 Å². The third kappa shape index (κ3) is 5.65. The summed E-state index contributed by atoms with van der Waals surface area (Å²) in [4.78, 5) is 30.7. The number of carbonyl (C=O) groups excluding carboxylic acids is 2. The molecule has 2 aromatic rings. The fourth-order valence-corrected chi connectivity index (χ4v) is 6.74. The molecule has 1 aromatic carbocycles. The first-order valence-corrected chi connectivity index (χ1v) is 13.2. The maximum atomic E-state index is 13.9. The van der Waals surface area contributed by atoms with Crippen molar-refractivity contribution >= 4 is 11.8 Å². The molecule has 0 radical (unpaired) electrons. The standard InChI is InChI=1S/C29H36FN2O3.ClH/c30-25-16-22(18-31-19-25)17-26(33)20-32-14-10-23(11-15-32)27(21-32)35-28(34)29(12-6-1-2-7-13-29)24-8-4-3-5-9-24;/h3-5,8-9,16,18-19,23,27H,1-2,6-7,10-15,17,20-21H2;1H/q+1;/p-1/t23?,27-,32?;/m0./s1. The van der Waals surface area contributed by atoms with Crippen LogP contribution >= 0.6 is 0 Å². The third-order valence-corrected chi connectivity index (χ3v) is 8.65. The molecule has 4 fully saturated rings. The fraction of sp³-hybridized carbons (Fsp3) is 0.552. The van der Waals surface area contributed by atoms with Gasteiger partial charge in [-0.25, -0.2) is 4.39 Å². The van der Waals surface area contributed by atoms with Gasteiger partial charge in [-0.05, 0) is 30.0 Å². The van der Waals surface area contributed by atoms with Crippen LogP contribution in [0.3, 0.4) is 0 Å². The van der Waals surface area contributed by atoms with Gasteiger partial charge in [0.25, 0.3) is 0 Å². The minimum Gasteiger partial charge on any atom is -1.00 e. The van der Waals surface area contributed by atoms with Crippen LogP contribution in [0.4, 0.5) is 4.39 Å². The summed E-state index contributed by atoms with van der Waals surface area (Å²) in [5.41, 5.74) is 1.13. The van der Waals surface area contributed by atoms with Gasteiger partial charge in [0.2, 0.25) is 0 Å². The number of halogens is 2. The summed E-state index contributed by atoms with van der Waals surface area (Å²) >= 11 is 0.